The molecule has 0 aliphatic heterocycles. The van der Waals surface area contributed by atoms with E-state index in [9.17, 15) is 4.79 Å². The van der Waals surface area contributed by atoms with Crippen LogP contribution in [0.4, 0.5) is 5.82 Å². The molecule has 2 heterocycles. The maximum Gasteiger partial charge on any atom is 0.259 e. The zero-order valence-corrected chi connectivity index (χ0v) is 23.5. The highest BCUT2D eigenvalue weighted by atomic mass is 35.5. The first-order valence-electron chi connectivity index (χ1n) is 12.7. The van der Waals surface area contributed by atoms with Crippen molar-refractivity contribution in [2.24, 2.45) is 4.99 Å². The third-order valence-electron chi connectivity index (χ3n) is 6.29. The van der Waals surface area contributed by atoms with Crippen LogP contribution in [0.25, 0.3) is 22.0 Å². The molecule has 0 aliphatic carbocycles. The first kappa shape index (κ1) is 28.9. The second-order valence-electron chi connectivity index (χ2n) is 8.54. The molecule has 0 saturated heterocycles. The average Bonchev–Trinajstić information content (AvgIpc) is 2.93. The molecule has 0 spiro atoms. The van der Waals surface area contributed by atoms with Crippen LogP contribution in [0.3, 0.4) is 0 Å². The van der Waals surface area contributed by atoms with E-state index in [4.69, 9.17) is 21.1 Å². The molecular weight excluding hydrogens is 502 g/mol. The van der Waals surface area contributed by atoms with Crippen LogP contribution >= 0.6 is 11.6 Å². The minimum atomic E-state index is -0.165. The predicted molar refractivity (Wildman–Crippen MR) is 157 cm³/mol. The Kier molecular flexibility index (Phi) is 10.5. The van der Waals surface area contributed by atoms with E-state index in [1.165, 1.54) is 0 Å². The van der Waals surface area contributed by atoms with Gasteiger partial charge in [0.05, 0.1) is 29.0 Å². The highest BCUT2D eigenvalue weighted by Gasteiger charge is 2.17. The summed E-state index contributed by atoms with van der Waals surface area (Å²) >= 11 is 6.47. The Morgan fingerprint density at radius 1 is 1.24 bits per heavy atom. The van der Waals surface area contributed by atoms with Crippen LogP contribution in [0.5, 0.6) is 5.75 Å². The lowest BCUT2D eigenvalue weighted by molar-refractivity contribution is 0.165. The van der Waals surface area contributed by atoms with Crippen LogP contribution in [0.1, 0.15) is 27.7 Å². The number of pyridine rings is 2. The molecule has 3 aromatic rings. The maximum atomic E-state index is 13.5. The number of ether oxygens (including phenoxy) is 2. The van der Waals surface area contributed by atoms with Crippen molar-refractivity contribution in [3.05, 3.63) is 75.6 Å². The van der Waals surface area contributed by atoms with Gasteiger partial charge in [-0.25, -0.2) is 9.98 Å². The molecule has 0 amide bonds. The number of aliphatic imine (C=N–C) groups is 1. The quantitative estimate of drug-likeness (QED) is 0.164. The fraction of sp³-hybridized carbons (Fsp3) is 0.345. The van der Waals surface area contributed by atoms with Crippen LogP contribution in [0.15, 0.2) is 70.0 Å². The number of hydrogen-bond acceptors (Lipinski definition) is 7. The van der Waals surface area contributed by atoms with Crippen molar-refractivity contribution in [3.8, 4) is 16.9 Å². The standard InChI is InChI=1S/C29H36ClN5O3/c1-7-34(8-2)15-16-38-20(4)13-14-26(31-5)33-27-18-24-21(19-32-27)17-22(29(36)35(24)9-3)28-23(30)11-10-12-25(28)37-6/h10-14,17-19H,5,7-9,15-16H2,1-4,6H3,(H,32,33)/b20-13+,26-14+. The number of fused-ring (bicyclic) bond motifs is 1. The van der Waals surface area contributed by atoms with Crippen molar-refractivity contribution in [2.45, 2.75) is 34.2 Å². The second kappa shape index (κ2) is 13.8. The number of allylic oxidation sites excluding steroid dienone is 3. The summed E-state index contributed by atoms with van der Waals surface area (Å²) in [6.45, 7) is 15.7. The van der Waals surface area contributed by atoms with Crippen molar-refractivity contribution in [1.29, 1.82) is 0 Å². The summed E-state index contributed by atoms with van der Waals surface area (Å²) < 4.78 is 13.0. The minimum Gasteiger partial charge on any atom is -0.497 e. The second-order valence-corrected chi connectivity index (χ2v) is 8.95. The molecule has 1 aromatic carbocycles. The molecule has 0 aliphatic rings. The lowest BCUT2D eigenvalue weighted by Crippen LogP contribution is -2.26. The van der Waals surface area contributed by atoms with Gasteiger partial charge in [-0.15, -0.1) is 0 Å². The number of nitrogens with zero attached hydrogens (tertiary/aromatic N) is 4. The average molecular weight is 538 g/mol. The van der Waals surface area contributed by atoms with Gasteiger partial charge in [0.1, 0.15) is 24.0 Å². The molecule has 38 heavy (non-hydrogen) atoms. The molecule has 0 unspecified atom stereocenters. The molecule has 0 radical (unpaired) electrons. The molecule has 1 N–H and O–H groups in total. The number of benzene rings is 1. The van der Waals surface area contributed by atoms with E-state index in [-0.39, 0.29) is 5.56 Å². The fourth-order valence-corrected chi connectivity index (χ4v) is 4.42. The number of halogens is 1. The zero-order valence-electron chi connectivity index (χ0n) is 22.8. The van der Waals surface area contributed by atoms with Gasteiger partial charge < -0.3 is 24.3 Å². The van der Waals surface area contributed by atoms with Crippen molar-refractivity contribution in [1.82, 2.24) is 14.5 Å². The van der Waals surface area contributed by atoms with Crippen molar-refractivity contribution < 1.29 is 9.47 Å². The number of rotatable bonds is 13. The fourth-order valence-electron chi connectivity index (χ4n) is 4.15. The molecule has 0 fully saturated rings. The van der Waals surface area contributed by atoms with Crippen LogP contribution in [0, 0.1) is 0 Å². The Morgan fingerprint density at radius 2 is 2.00 bits per heavy atom. The Labute approximate surface area is 229 Å². The van der Waals surface area contributed by atoms with E-state index in [0.29, 0.717) is 46.7 Å². The molecule has 0 bridgehead atoms. The first-order valence-corrected chi connectivity index (χ1v) is 13.1. The lowest BCUT2D eigenvalue weighted by Gasteiger charge is -2.18. The van der Waals surface area contributed by atoms with Gasteiger partial charge in [-0.05, 0) is 64.0 Å². The Hall–Kier alpha value is -3.62. The number of methoxy groups -OCH3 is 1. The summed E-state index contributed by atoms with van der Waals surface area (Å²) in [4.78, 5) is 24.4. The number of aromatic nitrogens is 2. The molecule has 2 aromatic heterocycles. The number of anilines is 1. The molecule has 0 saturated carbocycles. The Bertz CT molecular complexity index is 1390. The van der Waals surface area contributed by atoms with Crippen molar-refractivity contribution in [3.63, 3.8) is 0 Å². The monoisotopic (exact) mass is 537 g/mol. The van der Waals surface area contributed by atoms with Gasteiger partial charge >= 0.3 is 0 Å². The van der Waals surface area contributed by atoms with Gasteiger partial charge in [-0.3, -0.25) is 4.79 Å². The summed E-state index contributed by atoms with van der Waals surface area (Å²) in [6.07, 6.45) is 5.34. The third kappa shape index (κ3) is 6.82. The van der Waals surface area contributed by atoms with Gasteiger partial charge in [0, 0.05) is 36.3 Å². The van der Waals surface area contributed by atoms with Crippen LogP contribution in [-0.2, 0) is 11.3 Å². The van der Waals surface area contributed by atoms with Gasteiger partial charge in [-0.2, -0.15) is 0 Å². The summed E-state index contributed by atoms with van der Waals surface area (Å²) in [5.41, 5.74) is 1.59. The Balaban J connectivity index is 1.89. The SMILES string of the molecule is C=N/C(=C\C=C(/C)OCCN(CC)CC)Nc1cc2c(cn1)cc(-c1c(Cl)cccc1OC)c(=O)n2CC. The predicted octanol–water partition coefficient (Wildman–Crippen LogP) is 5.96. The molecule has 202 valence electrons. The molecule has 0 atom stereocenters. The van der Waals surface area contributed by atoms with E-state index < -0.39 is 0 Å². The summed E-state index contributed by atoms with van der Waals surface area (Å²) in [6, 6.07) is 8.94. The molecular formula is C29H36ClN5O3. The number of hydrogen-bond donors (Lipinski definition) is 1. The van der Waals surface area contributed by atoms with Gasteiger partial charge in [0.15, 0.2) is 0 Å². The van der Waals surface area contributed by atoms with Crippen LogP contribution in [0.2, 0.25) is 5.02 Å². The smallest absolute Gasteiger partial charge is 0.259 e. The third-order valence-corrected chi connectivity index (χ3v) is 6.61. The van der Waals surface area contributed by atoms with Gasteiger partial charge in [-0.1, -0.05) is 31.5 Å². The maximum absolute atomic E-state index is 13.5. The largest absolute Gasteiger partial charge is 0.497 e. The Morgan fingerprint density at radius 3 is 2.66 bits per heavy atom. The van der Waals surface area contributed by atoms with Gasteiger partial charge in [0.25, 0.3) is 5.56 Å². The van der Waals surface area contributed by atoms with Gasteiger partial charge in [0.2, 0.25) is 0 Å². The van der Waals surface area contributed by atoms with E-state index in [1.54, 1.807) is 48.2 Å². The highest BCUT2D eigenvalue weighted by Crippen LogP contribution is 2.36. The summed E-state index contributed by atoms with van der Waals surface area (Å²) in [5, 5.41) is 4.41. The molecule has 8 nitrogen and oxygen atoms in total. The van der Waals surface area contributed by atoms with E-state index in [1.807, 2.05) is 26.0 Å². The highest BCUT2D eigenvalue weighted by molar-refractivity contribution is 6.33. The zero-order chi connectivity index (χ0) is 27.7. The van der Waals surface area contributed by atoms with E-state index in [0.717, 1.165) is 36.3 Å². The lowest BCUT2D eigenvalue weighted by atomic mass is 10.0. The number of nitrogens with one attached hydrogen (secondary N) is 1. The minimum absolute atomic E-state index is 0.165. The van der Waals surface area contributed by atoms with Crippen LogP contribution < -0.4 is 15.6 Å². The normalized spacial score (nSPS) is 12.2. The first-order chi connectivity index (χ1) is 18.4. The molecule has 9 heteroatoms. The van der Waals surface area contributed by atoms with E-state index >= 15 is 0 Å². The van der Waals surface area contributed by atoms with E-state index in [2.05, 4.69) is 40.8 Å². The van der Waals surface area contributed by atoms with Crippen LogP contribution in [-0.4, -0.2) is 54.5 Å². The van der Waals surface area contributed by atoms with Crippen molar-refractivity contribution >= 4 is 35.0 Å². The summed E-state index contributed by atoms with van der Waals surface area (Å²) in [7, 11) is 1.56. The van der Waals surface area contributed by atoms with Crippen molar-refractivity contribution in [2.75, 3.05) is 38.7 Å². The number of likely N-dealkylation sites (N-methyl/N-ethyl adjacent to an activating group) is 1. The molecule has 3 rings (SSSR count). The number of aryl methyl sites for hydroxylation is 1. The summed E-state index contributed by atoms with van der Waals surface area (Å²) in [5.74, 6) is 2.35. The topological polar surface area (TPSA) is 81.0 Å².